The molecular weight excluding hydrogens is 230 g/mol. The van der Waals surface area contributed by atoms with Gasteiger partial charge in [-0.3, -0.25) is 0 Å². The molecule has 1 saturated carbocycles. The van der Waals surface area contributed by atoms with E-state index in [4.69, 9.17) is 0 Å². The third kappa shape index (κ3) is 3.83. The molecule has 0 heterocycles. The summed E-state index contributed by atoms with van der Waals surface area (Å²) in [5.74, 6) is 1.39. The van der Waals surface area contributed by atoms with Crippen LogP contribution in [0.2, 0.25) is 0 Å². The Morgan fingerprint density at radius 3 is 2.26 bits per heavy atom. The SMILES string of the molecule is CC(C)CC(C#N)c1ccc(C2CCCCC2)cc1. The van der Waals surface area contributed by atoms with Crippen molar-refractivity contribution in [1.82, 2.24) is 0 Å². The fraction of sp³-hybridized carbons (Fsp3) is 0.611. The summed E-state index contributed by atoms with van der Waals surface area (Å²) in [6, 6.07) is 11.3. The Hall–Kier alpha value is -1.29. The predicted molar refractivity (Wildman–Crippen MR) is 80.1 cm³/mol. The molecule has 2 rings (SSSR count). The molecule has 1 atom stereocenters. The Morgan fingerprint density at radius 2 is 1.74 bits per heavy atom. The zero-order chi connectivity index (χ0) is 13.7. The van der Waals surface area contributed by atoms with Gasteiger partial charge in [-0.2, -0.15) is 5.26 Å². The summed E-state index contributed by atoms with van der Waals surface area (Å²) in [6.45, 7) is 4.36. The number of nitriles is 1. The highest BCUT2D eigenvalue weighted by Crippen LogP contribution is 2.33. The van der Waals surface area contributed by atoms with E-state index in [1.54, 1.807) is 0 Å². The van der Waals surface area contributed by atoms with Crippen LogP contribution in [0.5, 0.6) is 0 Å². The van der Waals surface area contributed by atoms with Crippen LogP contribution in [0.4, 0.5) is 0 Å². The molecule has 1 nitrogen and oxygen atoms in total. The van der Waals surface area contributed by atoms with Crippen LogP contribution in [-0.4, -0.2) is 0 Å². The van der Waals surface area contributed by atoms with Gasteiger partial charge in [0.1, 0.15) is 0 Å². The number of hydrogen-bond donors (Lipinski definition) is 0. The van der Waals surface area contributed by atoms with Crippen molar-refractivity contribution in [3.8, 4) is 6.07 Å². The molecule has 102 valence electrons. The fourth-order valence-corrected chi connectivity index (χ4v) is 3.17. The third-order valence-electron chi connectivity index (χ3n) is 4.28. The van der Waals surface area contributed by atoms with Gasteiger partial charge in [0.2, 0.25) is 0 Å². The molecule has 0 saturated heterocycles. The Labute approximate surface area is 117 Å². The molecule has 1 unspecified atom stereocenters. The van der Waals surface area contributed by atoms with Crippen LogP contribution in [0.1, 0.15) is 75.3 Å². The van der Waals surface area contributed by atoms with Gasteiger partial charge in [0.25, 0.3) is 0 Å². The van der Waals surface area contributed by atoms with Crippen molar-refractivity contribution in [2.24, 2.45) is 5.92 Å². The minimum Gasteiger partial charge on any atom is -0.198 e. The molecule has 0 spiro atoms. The van der Waals surface area contributed by atoms with Crippen molar-refractivity contribution in [3.63, 3.8) is 0 Å². The van der Waals surface area contributed by atoms with E-state index in [2.05, 4.69) is 44.2 Å². The first-order valence-electron chi connectivity index (χ1n) is 7.70. The maximum absolute atomic E-state index is 9.30. The molecule has 1 fully saturated rings. The Balaban J connectivity index is 2.06. The highest BCUT2D eigenvalue weighted by Gasteiger charge is 2.17. The average molecular weight is 255 g/mol. The van der Waals surface area contributed by atoms with Crippen molar-refractivity contribution in [1.29, 1.82) is 5.26 Å². The normalized spacial score (nSPS) is 18.2. The summed E-state index contributed by atoms with van der Waals surface area (Å²) in [5.41, 5.74) is 2.67. The number of nitrogens with zero attached hydrogens (tertiary/aromatic N) is 1. The lowest BCUT2D eigenvalue weighted by Crippen LogP contribution is -2.05. The van der Waals surface area contributed by atoms with E-state index in [0.717, 1.165) is 12.3 Å². The van der Waals surface area contributed by atoms with Crippen LogP contribution >= 0.6 is 0 Å². The quantitative estimate of drug-likeness (QED) is 0.707. The topological polar surface area (TPSA) is 23.8 Å². The van der Waals surface area contributed by atoms with Crippen molar-refractivity contribution in [2.45, 2.75) is 64.2 Å². The summed E-state index contributed by atoms with van der Waals surface area (Å²) in [6.07, 6.45) is 7.79. The first-order valence-corrected chi connectivity index (χ1v) is 7.70. The molecule has 1 aromatic carbocycles. The predicted octanol–water partition coefficient (Wildman–Crippen LogP) is 5.39. The molecule has 0 bridgehead atoms. The van der Waals surface area contributed by atoms with Crippen LogP contribution in [0.25, 0.3) is 0 Å². The second-order valence-electron chi connectivity index (χ2n) is 6.31. The van der Waals surface area contributed by atoms with E-state index in [1.807, 2.05) is 0 Å². The van der Waals surface area contributed by atoms with Crippen molar-refractivity contribution >= 4 is 0 Å². The van der Waals surface area contributed by atoms with E-state index in [0.29, 0.717) is 5.92 Å². The lowest BCUT2D eigenvalue weighted by Gasteiger charge is -2.22. The molecule has 0 aliphatic heterocycles. The van der Waals surface area contributed by atoms with Gasteiger partial charge in [-0.1, -0.05) is 57.4 Å². The van der Waals surface area contributed by atoms with Gasteiger partial charge < -0.3 is 0 Å². The standard InChI is InChI=1S/C18H25N/c1-14(2)12-18(13-19)17-10-8-16(9-11-17)15-6-4-3-5-7-15/h8-11,14-15,18H,3-7,12H2,1-2H3. The summed E-state index contributed by atoms with van der Waals surface area (Å²) >= 11 is 0. The highest BCUT2D eigenvalue weighted by molar-refractivity contribution is 5.30. The monoisotopic (exact) mass is 255 g/mol. The smallest absolute Gasteiger partial charge is 0.0715 e. The molecule has 0 aromatic heterocycles. The molecule has 19 heavy (non-hydrogen) atoms. The minimum absolute atomic E-state index is 0.0559. The minimum atomic E-state index is 0.0559. The molecule has 1 heteroatoms. The van der Waals surface area contributed by atoms with Crippen molar-refractivity contribution in [3.05, 3.63) is 35.4 Å². The molecule has 1 aliphatic carbocycles. The van der Waals surface area contributed by atoms with E-state index >= 15 is 0 Å². The van der Waals surface area contributed by atoms with Gasteiger partial charge in [0.05, 0.1) is 12.0 Å². The van der Waals surface area contributed by atoms with Gasteiger partial charge in [0, 0.05) is 0 Å². The summed E-state index contributed by atoms with van der Waals surface area (Å²) in [5, 5.41) is 9.30. The van der Waals surface area contributed by atoms with Gasteiger partial charge in [-0.05, 0) is 42.2 Å². The number of benzene rings is 1. The number of rotatable bonds is 4. The summed E-state index contributed by atoms with van der Waals surface area (Å²) in [7, 11) is 0. The molecule has 0 radical (unpaired) electrons. The van der Waals surface area contributed by atoms with Gasteiger partial charge in [-0.15, -0.1) is 0 Å². The van der Waals surface area contributed by atoms with E-state index in [9.17, 15) is 5.26 Å². The molecule has 1 aromatic rings. The Kier molecular flexibility index (Phi) is 5.02. The number of hydrogen-bond acceptors (Lipinski definition) is 1. The highest BCUT2D eigenvalue weighted by atomic mass is 14.3. The zero-order valence-corrected chi connectivity index (χ0v) is 12.2. The van der Waals surface area contributed by atoms with Gasteiger partial charge >= 0.3 is 0 Å². The van der Waals surface area contributed by atoms with Crippen LogP contribution in [0, 0.1) is 17.2 Å². The summed E-state index contributed by atoms with van der Waals surface area (Å²) in [4.78, 5) is 0. The third-order valence-corrected chi connectivity index (χ3v) is 4.28. The molecule has 0 N–H and O–H groups in total. The Morgan fingerprint density at radius 1 is 1.11 bits per heavy atom. The lowest BCUT2D eigenvalue weighted by atomic mass is 9.83. The zero-order valence-electron chi connectivity index (χ0n) is 12.2. The van der Waals surface area contributed by atoms with Crippen LogP contribution in [-0.2, 0) is 0 Å². The second-order valence-corrected chi connectivity index (χ2v) is 6.31. The maximum atomic E-state index is 9.30. The molecule has 0 amide bonds. The largest absolute Gasteiger partial charge is 0.198 e. The summed E-state index contributed by atoms with van der Waals surface area (Å²) < 4.78 is 0. The second kappa shape index (κ2) is 6.75. The van der Waals surface area contributed by atoms with Crippen LogP contribution < -0.4 is 0 Å². The van der Waals surface area contributed by atoms with Crippen molar-refractivity contribution < 1.29 is 0 Å². The average Bonchev–Trinajstić information content (AvgIpc) is 2.46. The molecular formula is C18H25N. The van der Waals surface area contributed by atoms with Gasteiger partial charge in [0.15, 0.2) is 0 Å². The first-order chi connectivity index (χ1) is 9.20. The fourth-order valence-electron chi connectivity index (χ4n) is 3.17. The lowest BCUT2D eigenvalue weighted by molar-refractivity contribution is 0.443. The van der Waals surface area contributed by atoms with Gasteiger partial charge in [-0.25, -0.2) is 0 Å². The maximum Gasteiger partial charge on any atom is 0.0715 e. The first kappa shape index (κ1) is 14.1. The van der Waals surface area contributed by atoms with E-state index < -0.39 is 0 Å². The van der Waals surface area contributed by atoms with Crippen molar-refractivity contribution in [2.75, 3.05) is 0 Å². The Bertz CT molecular complexity index is 418. The molecule has 1 aliphatic rings. The van der Waals surface area contributed by atoms with Crippen LogP contribution in [0.15, 0.2) is 24.3 Å². The van der Waals surface area contributed by atoms with E-state index in [-0.39, 0.29) is 5.92 Å². The van der Waals surface area contributed by atoms with E-state index in [1.165, 1.54) is 43.2 Å². The van der Waals surface area contributed by atoms with Crippen LogP contribution in [0.3, 0.4) is 0 Å².